The Bertz CT molecular complexity index is 358. The summed E-state index contributed by atoms with van der Waals surface area (Å²) >= 11 is 0. The van der Waals surface area contributed by atoms with E-state index in [-0.39, 0.29) is 5.78 Å². The summed E-state index contributed by atoms with van der Waals surface area (Å²) in [6.07, 6.45) is 5.99. The van der Waals surface area contributed by atoms with Crippen molar-refractivity contribution in [2.45, 2.75) is 19.8 Å². The Hall–Kier alpha value is -1.22. The molecule has 1 aromatic heterocycles. The summed E-state index contributed by atoms with van der Waals surface area (Å²) in [5, 5.41) is 3.20. The molecule has 1 fully saturated rings. The first-order valence-corrected chi connectivity index (χ1v) is 5.42. The van der Waals surface area contributed by atoms with Crippen LogP contribution in [0.3, 0.4) is 0 Å². The zero-order valence-electron chi connectivity index (χ0n) is 8.99. The van der Waals surface area contributed by atoms with E-state index in [9.17, 15) is 4.79 Å². The molecule has 0 spiro atoms. The molecule has 0 atom stereocenters. The molecular weight excluding hydrogens is 188 g/mol. The average Bonchev–Trinajstić information content (AvgIpc) is 3.02. The second-order valence-electron chi connectivity index (χ2n) is 4.19. The molecule has 0 radical (unpaired) electrons. The normalized spacial score (nSPS) is 15.3. The molecule has 0 bridgehead atoms. The Labute approximate surface area is 89.9 Å². The van der Waals surface area contributed by atoms with Gasteiger partial charge in [-0.05, 0) is 43.9 Å². The number of pyridine rings is 1. The van der Waals surface area contributed by atoms with Gasteiger partial charge in [0.15, 0.2) is 5.78 Å². The first-order valence-electron chi connectivity index (χ1n) is 5.42. The van der Waals surface area contributed by atoms with Gasteiger partial charge in [-0.2, -0.15) is 0 Å². The third-order valence-corrected chi connectivity index (χ3v) is 2.75. The van der Waals surface area contributed by atoms with Crippen LogP contribution in [0.2, 0.25) is 0 Å². The lowest BCUT2D eigenvalue weighted by atomic mass is 10.1. The van der Waals surface area contributed by atoms with Gasteiger partial charge in [0.05, 0.1) is 6.54 Å². The van der Waals surface area contributed by atoms with E-state index in [1.54, 1.807) is 12.4 Å². The van der Waals surface area contributed by atoms with E-state index >= 15 is 0 Å². The van der Waals surface area contributed by atoms with Crippen LogP contribution in [0.15, 0.2) is 18.5 Å². The number of carbonyl (C=O) groups excluding carboxylic acids is 1. The Balaban J connectivity index is 1.86. The van der Waals surface area contributed by atoms with Crippen LogP contribution in [0.4, 0.5) is 0 Å². The topological polar surface area (TPSA) is 42.0 Å². The van der Waals surface area contributed by atoms with Gasteiger partial charge in [0.2, 0.25) is 0 Å². The molecule has 0 aliphatic heterocycles. The number of hydrogen-bond acceptors (Lipinski definition) is 3. The van der Waals surface area contributed by atoms with Gasteiger partial charge in [0, 0.05) is 18.0 Å². The van der Waals surface area contributed by atoms with Crippen molar-refractivity contribution in [2.24, 2.45) is 5.92 Å². The maximum Gasteiger partial charge on any atom is 0.178 e. The number of aryl methyl sites for hydroxylation is 1. The average molecular weight is 204 g/mol. The van der Waals surface area contributed by atoms with E-state index < -0.39 is 0 Å². The minimum absolute atomic E-state index is 0.140. The van der Waals surface area contributed by atoms with Crippen LogP contribution in [0.1, 0.15) is 28.8 Å². The molecule has 1 aliphatic rings. The fourth-order valence-electron chi connectivity index (χ4n) is 1.56. The van der Waals surface area contributed by atoms with Crippen molar-refractivity contribution in [3.8, 4) is 0 Å². The minimum atomic E-state index is 0.140. The molecule has 2 rings (SSSR count). The van der Waals surface area contributed by atoms with Crippen molar-refractivity contribution in [3.05, 3.63) is 29.6 Å². The molecule has 1 aromatic rings. The smallest absolute Gasteiger partial charge is 0.178 e. The second kappa shape index (κ2) is 4.53. The SMILES string of the molecule is Cc1ccncc1C(=O)CNCC1CC1. The molecule has 1 heterocycles. The summed E-state index contributed by atoms with van der Waals surface area (Å²) in [6, 6.07) is 1.87. The van der Waals surface area contributed by atoms with Gasteiger partial charge in [0.1, 0.15) is 0 Å². The Kier molecular flexibility index (Phi) is 3.11. The van der Waals surface area contributed by atoms with Crippen molar-refractivity contribution < 1.29 is 4.79 Å². The summed E-state index contributed by atoms with van der Waals surface area (Å²) in [5.41, 5.74) is 1.74. The van der Waals surface area contributed by atoms with E-state index in [2.05, 4.69) is 10.3 Å². The molecule has 0 aromatic carbocycles. The van der Waals surface area contributed by atoms with Crippen molar-refractivity contribution in [2.75, 3.05) is 13.1 Å². The maximum atomic E-state index is 11.8. The van der Waals surface area contributed by atoms with Gasteiger partial charge in [-0.3, -0.25) is 9.78 Å². The lowest BCUT2D eigenvalue weighted by molar-refractivity contribution is 0.0990. The molecular formula is C12H16N2O. The van der Waals surface area contributed by atoms with Crippen LogP contribution in [0.5, 0.6) is 0 Å². The van der Waals surface area contributed by atoms with Gasteiger partial charge in [0.25, 0.3) is 0 Å². The molecule has 3 nitrogen and oxygen atoms in total. The predicted octanol–water partition coefficient (Wildman–Crippen LogP) is 1.57. The highest BCUT2D eigenvalue weighted by Crippen LogP contribution is 2.27. The van der Waals surface area contributed by atoms with E-state index in [1.807, 2.05) is 13.0 Å². The van der Waals surface area contributed by atoms with Crippen LogP contribution in [-0.2, 0) is 0 Å². The van der Waals surface area contributed by atoms with E-state index in [4.69, 9.17) is 0 Å². The number of carbonyl (C=O) groups is 1. The number of aromatic nitrogens is 1. The van der Waals surface area contributed by atoms with Crippen molar-refractivity contribution in [3.63, 3.8) is 0 Å². The third-order valence-electron chi connectivity index (χ3n) is 2.75. The zero-order valence-corrected chi connectivity index (χ0v) is 8.99. The predicted molar refractivity (Wildman–Crippen MR) is 58.9 cm³/mol. The summed E-state index contributed by atoms with van der Waals surface area (Å²) in [7, 11) is 0. The minimum Gasteiger partial charge on any atom is -0.309 e. The van der Waals surface area contributed by atoms with Gasteiger partial charge in [-0.25, -0.2) is 0 Å². The van der Waals surface area contributed by atoms with Gasteiger partial charge < -0.3 is 5.32 Å². The molecule has 1 N–H and O–H groups in total. The fraction of sp³-hybridized carbons (Fsp3) is 0.500. The molecule has 80 valence electrons. The third kappa shape index (κ3) is 2.86. The number of hydrogen-bond donors (Lipinski definition) is 1. The number of nitrogens with one attached hydrogen (secondary N) is 1. The van der Waals surface area contributed by atoms with Crippen LogP contribution in [-0.4, -0.2) is 23.9 Å². The molecule has 0 unspecified atom stereocenters. The highest BCUT2D eigenvalue weighted by atomic mass is 16.1. The van der Waals surface area contributed by atoms with Crippen LogP contribution in [0.25, 0.3) is 0 Å². The van der Waals surface area contributed by atoms with Crippen molar-refractivity contribution >= 4 is 5.78 Å². The summed E-state index contributed by atoms with van der Waals surface area (Å²) in [6.45, 7) is 3.35. The number of ketones is 1. The fourth-order valence-corrected chi connectivity index (χ4v) is 1.56. The van der Waals surface area contributed by atoms with Crippen molar-refractivity contribution in [1.82, 2.24) is 10.3 Å². The van der Waals surface area contributed by atoms with Gasteiger partial charge >= 0.3 is 0 Å². The van der Waals surface area contributed by atoms with E-state index in [1.165, 1.54) is 12.8 Å². The van der Waals surface area contributed by atoms with Gasteiger partial charge in [-0.1, -0.05) is 0 Å². The number of rotatable bonds is 5. The summed E-state index contributed by atoms with van der Waals surface area (Å²) < 4.78 is 0. The lowest BCUT2D eigenvalue weighted by Crippen LogP contribution is -2.25. The first kappa shape index (κ1) is 10.3. The standard InChI is InChI=1S/C12H16N2O/c1-9-4-5-13-7-11(9)12(15)8-14-6-10-2-3-10/h4-5,7,10,14H,2-3,6,8H2,1H3. The maximum absolute atomic E-state index is 11.8. The van der Waals surface area contributed by atoms with Crippen LogP contribution < -0.4 is 5.32 Å². The van der Waals surface area contributed by atoms with Crippen LogP contribution in [0, 0.1) is 12.8 Å². The highest BCUT2D eigenvalue weighted by molar-refractivity contribution is 5.98. The van der Waals surface area contributed by atoms with Gasteiger partial charge in [-0.15, -0.1) is 0 Å². The monoisotopic (exact) mass is 204 g/mol. The first-order chi connectivity index (χ1) is 7.27. The molecule has 0 amide bonds. The Morgan fingerprint density at radius 1 is 1.60 bits per heavy atom. The molecule has 3 heteroatoms. The molecule has 1 saturated carbocycles. The molecule has 0 saturated heterocycles. The molecule has 1 aliphatic carbocycles. The highest BCUT2D eigenvalue weighted by Gasteiger charge is 2.20. The lowest BCUT2D eigenvalue weighted by Gasteiger charge is -2.05. The Morgan fingerprint density at radius 2 is 2.40 bits per heavy atom. The summed E-state index contributed by atoms with van der Waals surface area (Å²) in [5.74, 6) is 0.953. The quantitative estimate of drug-likeness (QED) is 0.740. The Morgan fingerprint density at radius 3 is 3.07 bits per heavy atom. The van der Waals surface area contributed by atoms with E-state index in [0.29, 0.717) is 6.54 Å². The van der Waals surface area contributed by atoms with Crippen molar-refractivity contribution in [1.29, 1.82) is 0 Å². The second-order valence-corrected chi connectivity index (χ2v) is 4.19. The zero-order chi connectivity index (χ0) is 10.7. The largest absolute Gasteiger partial charge is 0.309 e. The number of nitrogens with zero attached hydrogens (tertiary/aromatic N) is 1. The van der Waals surface area contributed by atoms with Crippen LogP contribution >= 0.6 is 0 Å². The number of Topliss-reactive ketones (excluding diaryl/α,β-unsaturated/α-hetero) is 1. The summed E-state index contributed by atoms with van der Waals surface area (Å²) in [4.78, 5) is 15.7. The molecule has 15 heavy (non-hydrogen) atoms. The van der Waals surface area contributed by atoms with E-state index in [0.717, 1.165) is 23.6 Å².